The predicted molar refractivity (Wildman–Crippen MR) is 75.3 cm³/mol. The molecule has 3 rings (SSSR count). The Hall–Kier alpha value is -1.47. The number of hydrogen-bond donors (Lipinski definition) is 0. The van der Waals surface area contributed by atoms with Gasteiger partial charge < -0.3 is 4.74 Å². The van der Waals surface area contributed by atoms with Crippen LogP contribution >= 0.6 is 11.6 Å². The lowest BCUT2D eigenvalue weighted by atomic mass is 9.97. The molecular weight excluding hydrogens is 244 g/mol. The van der Waals surface area contributed by atoms with Gasteiger partial charge in [0.15, 0.2) is 0 Å². The van der Waals surface area contributed by atoms with Gasteiger partial charge in [0, 0.05) is 5.02 Å². The second-order valence-electron chi connectivity index (χ2n) is 4.80. The first kappa shape index (κ1) is 11.6. The lowest BCUT2D eigenvalue weighted by Crippen LogP contribution is -2.18. The second kappa shape index (κ2) is 4.66. The van der Waals surface area contributed by atoms with Gasteiger partial charge in [0.05, 0.1) is 6.10 Å². The molecule has 1 nitrogen and oxygen atoms in total. The Morgan fingerprint density at radius 2 is 1.78 bits per heavy atom. The summed E-state index contributed by atoms with van der Waals surface area (Å²) < 4.78 is 5.82. The molecule has 0 aliphatic carbocycles. The van der Waals surface area contributed by atoms with Crippen LogP contribution in [0.1, 0.15) is 18.9 Å². The van der Waals surface area contributed by atoms with Crippen molar-refractivity contribution in [2.45, 2.75) is 25.9 Å². The molecule has 0 N–H and O–H groups in total. The Kier molecular flexibility index (Phi) is 3.00. The quantitative estimate of drug-likeness (QED) is 0.719. The van der Waals surface area contributed by atoms with Crippen LogP contribution in [0.25, 0.3) is 11.1 Å². The zero-order valence-electron chi connectivity index (χ0n) is 10.3. The topological polar surface area (TPSA) is 9.23 Å². The van der Waals surface area contributed by atoms with Gasteiger partial charge in [0.25, 0.3) is 0 Å². The van der Waals surface area contributed by atoms with Crippen LogP contribution in [0.3, 0.4) is 0 Å². The van der Waals surface area contributed by atoms with Crippen LogP contribution in [0.4, 0.5) is 0 Å². The number of aryl methyl sites for hydroxylation is 1. The van der Waals surface area contributed by atoms with E-state index >= 15 is 0 Å². The highest BCUT2D eigenvalue weighted by atomic mass is 35.5. The van der Waals surface area contributed by atoms with Crippen molar-refractivity contribution in [3.8, 4) is 16.9 Å². The Balaban J connectivity index is 1.97. The molecule has 2 aromatic rings. The van der Waals surface area contributed by atoms with Gasteiger partial charge in [-0.2, -0.15) is 0 Å². The maximum atomic E-state index is 5.91. The van der Waals surface area contributed by atoms with Gasteiger partial charge in [-0.15, -0.1) is 0 Å². The van der Waals surface area contributed by atoms with E-state index in [1.165, 1.54) is 16.7 Å². The molecule has 0 bridgehead atoms. The van der Waals surface area contributed by atoms with Gasteiger partial charge >= 0.3 is 0 Å². The standard InChI is InChI=1S/C16H15ClO/c1-11-2-3-14-10-13(6-9-16(14)18-11)12-4-7-15(17)8-5-12/h4-11H,2-3H2,1H3. The van der Waals surface area contributed by atoms with Crippen molar-refractivity contribution >= 4 is 11.6 Å². The minimum absolute atomic E-state index is 0.332. The second-order valence-corrected chi connectivity index (χ2v) is 5.23. The fourth-order valence-corrected chi connectivity index (χ4v) is 2.47. The Labute approximate surface area is 112 Å². The average Bonchev–Trinajstić information content (AvgIpc) is 2.39. The molecule has 2 heteroatoms. The summed E-state index contributed by atoms with van der Waals surface area (Å²) in [6, 6.07) is 14.4. The third-order valence-corrected chi connectivity index (χ3v) is 3.64. The molecule has 1 aliphatic rings. The highest BCUT2D eigenvalue weighted by Crippen LogP contribution is 2.32. The molecule has 0 aromatic heterocycles. The van der Waals surface area contributed by atoms with E-state index in [-0.39, 0.29) is 0 Å². The van der Waals surface area contributed by atoms with Gasteiger partial charge in [0.1, 0.15) is 5.75 Å². The first-order valence-corrected chi connectivity index (χ1v) is 6.66. The smallest absolute Gasteiger partial charge is 0.122 e. The van der Waals surface area contributed by atoms with E-state index in [9.17, 15) is 0 Å². The average molecular weight is 259 g/mol. The van der Waals surface area contributed by atoms with E-state index < -0.39 is 0 Å². The van der Waals surface area contributed by atoms with Crippen molar-refractivity contribution in [3.63, 3.8) is 0 Å². The van der Waals surface area contributed by atoms with Crippen LogP contribution < -0.4 is 4.74 Å². The van der Waals surface area contributed by atoms with Crippen molar-refractivity contribution in [2.24, 2.45) is 0 Å². The Morgan fingerprint density at radius 1 is 1.06 bits per heavy atom. The summed E-state index contributed by atoms with van der Waals surface area (Å²) in [6.45, 7) is 2.12. The maximum absolute atomic E-state index is 5.91. The van der Waals surface area contributed by atoms with Crippen molar-refractivity contribution in [1.82, 2.24) is 0 Å². The molecule has 1 atom stereocenters. The van der Waals surface area contributed by atoms with Gasteiger partial charge in [-0.1, -0.05) is 29.8 Å². The molecule has 0 radical (unpaired) electrons. The Bertz CT molecular complexity index is 560. The highest BCUT2D eigenvalue weighted by Gasteiger charge is 2.16. The van der Waals surface area contributed by atoms with Crippen molar-refractivity contribution in [1.29, 1.82) is 0 Å². The summed E-state index contributed by atoms with van der Waals surface area (Å²) in [5, 5.41) is 0.772. The van der Waals surface area contributed by atoms with Crippen LogP contribution in [-0.2, 0) is 6.42 Å². The Morgan fingerprint density at radius 3 is 2.56 bits per heavy atom. The minimum Gasteiger partial charge on any atom is -0.490 e. The third-order valence-electron chi connectivity index (χ3n) is 3.39. The summed E-state index contributed by atoms with van der Waals surface area (Å²) in [6.07, 6.45) is 2.52. The van der Waals surface area contributed by atoms with Crippen LogP contribution in [0.5, 0.6) is 5.75 Å². The zero-order valence-corrected chi connectivity index (χ0v) is 11.1. The summed E-state index contributed by atoms with van der Waals surface area (Å²) in [7, 11) is 0. The molecule has 1 unspecified atom stereocenters. The summed E-state index contributed by atoms with van der Waals surface area (Å²) in [5.74, 6) is 1.03. The first-order chi connectivity index (χ1) is 8.72. The monoisotopic (exact) mass is 258 g/mol. The summed E-state index contributed by atoms with van der Waals surface area (Å²) >= 11 is 5.91. The van der Waals surface area contributed by atoms with E-state index in [2.05, 4.69) is 37.3 Å². The fraction of sp³-hybridized carbons (Fsp3) is 0.250. The lowest BCUT2D eigenvalue weighted by Gasteiger charge is -2.23. The van der Waals surface area contributed by atoms with Gasteiger partial charge in [-0.25, -0.2) is 0 Å². The van der Waals surface area contributed by atoms with Crippen LogP contribution in [0.2, 0.25) is 5.02 Å². The molecular formula is C16H15ClO. The van der Waals surface area contributed by atoms with Gasteiger partial charge in [-0.05, 0) is 60.7 Å². The number of halogens is 1. The van der Waals surface area contributed by atoms with Crippen LogP contribution in [-0.4, -0.2) is 6.10 Å². The summed E-state index contributed by atoms with van der Waals surface area (Å²) in [4.78, 5) is 0. The van der Waals surface area contributed by atoms with E-state index in [1.54, 1.807) is 0 Å². The van der Waals surface area contributed by atoms with Gasteiger partial charge in [0.2, 0.25) is 0 Å². The minimum atomic E-state index is 0.332. The van der Waals surface area contributed by atoms with E-state index in [0.29, 0.717) is 6.10 Å². The lowest BCUT2D eigenvalue weighted by molar-refractivity contribution is 0.192. The molecule has 2 aromatic carbocycles. The van der Waals surface area contributed by atoms with E-state index in [1.807, 2.05) is 12.1 Å². The highest BCUT2D eigenvalue weighted by molar-refractivity contribution is 6.30. The SMILES string of the molecule is CC1CCc2cc(-c3ccc(Cl)cc3)ccc2O1. The van der Waals surface area contributed by atoms with Crippen LogP contribution in [0.15, 0.2) is 42.5 Å². The van der Waals surface area contributed by atoms with E-state index in [0.717, 1.165) is 23.6 Å². The number of hydrogen-bond acceptors (Lipinski definition) is 1. The largest absolute Gasteiger partial charge is 0.490 e. The molecule has 18 heavy (non-hydrogen) atoms. The molecule has 0 amide bonds. The number of benzene rings is 2. The molecule has 0 spiro atoms. The molecule has 1 heterocycles. The van der Waals surface area contributed by atoms with Crippen LogP contribution in [0, 0.1) is 0 Å². The summed E-state index contributed by atoms with van der Waals surface area (Å²) in [5.41, 5.74) is 3.73. The predicted octanol–water partition coefficient (Wildman–Crippen LogP) is 4.72. The van der Waals surface area contributed by atoms with E-state index in [4.69, 9.17) is 16.3 Å². The van der Waals surface area contributed by atoms with Crippen molar-refractivity contribution in [3.05, 3.63) is 53.1 Å². The molecule has 0 saturated carbocycles. The number of ether oxygens (including phenoxy) is 1. The molecule has 0 fully saturated rings. The van der Waals surface area contributed by atoms with Crippen molar-refractivity contribution < 1.29 is 4.74 Å². The maximum Gasteiger partial charge on any atom is 0.122 e. The van der Waals surface area contributed by atoms with Gasteiger partial charge in [-0.3, -0.25) is 0 Å². The number of fused-ring (bicyclic) bond motifs is 1. The fourth-order valence-electron chi connectivity index (χ4n) is 2.35. The zero-order chi connectivity index (χ0) is 12.5. The molecule has 92 valence electrons. The van der Waals surface area contributed by atoms with Crippen molar-refractivity contribution in [2.75, 3.05) is 0 Å². The molecule has 1 aliphatic heterocycles. The normalized spacial score (nSPS) is 18.0. The molecule has 0 saturated heterocycles. The number of rotatable bonds is 1. The first-order valence-electron chi connectivity index (χ1n) is 6.28. The third kappa shape index (κ3) is 2.23.